The third-order valence-electron chi connectivity index (χ3n) is 3.40. The Morgan fingerprint density at radius 1 is 0.950 bits per heavy atom. The van der Waals surface area contributed by atoms with Gasteiger partial charge in [0.15, 0.2) is 5.65 Å². The van der Waals surface area contributed by atoms with E-state index in [1.54, 1.807) is 10.6 Å². The van der Waals surface area contributed by atoms with Crippen LogP contribution in [0.4, 0.5) is 0 Å². The summed E-state index contributed by atoms with van der Waals surface area (Å²) in [6, 6.07) is 11.4. The van der Waals surface area contributed by atoms with Crippen molar-refractivity contribution in [2.75, 3.05) is 0 Å². The first-order valence-corrected chi connectivity index (χ1v) is 6.51. The summed E-state index contributed by atoms with van der Waals surface area (Å²) >= 11 is 0. The molecule has 0 saturated carbocycles. The van der Waals surface area contributed by atoms with Gasteiger partial charge in [0.05, 0.1) is 11.1 Å². The molecular weight excluding hydrogens is 250 g/mol. The molecule has 0 aliphatic carbocycles. The van der Waals surface area contributed by atoms with Crippen molar-refractivity contribution in [1.82, 2.24) is 14.5 Å². The summed E-state index contributed by atoms with van der Waals surface area (Å²) in [5.41, 5.74) is 3.20. The maximum Gasteiger partial charge on any atom is 0.267 e. The highest BCUT2D eigenvalue weighted by molar-refractivity contribution is 5.74. The average Bonchev–Trinajstić information content (AvgIpc) is 2.40. The number of aromatic nitrogens is 3. The molecule has 0 spiro atoms. The third kappa shape index (κ3) is 1.90. The number of rotatable bonds is 1. The van der Waals surface area contributed by atoms with Crippen LogP contribution in [0, 0.1) is 20.8 Å². The predicted octanol–water partition coefficient (Wildman–Crippen LogP) is 2.71. The normalized spacial score (nSPS) is 10.9. The molecule has 0 bridgehead atoms. The largest absolute Gasteiger partial charge is 0.268 e. The lowest BCUT2D eigenvalue weighted by Crippen LogP contribution is -2.23. The number of fused-ring (bicyclic) bond motifs is 1. The number of benzene rings is 1. The van der Waals surface area contributed by atoms with Crippen molar-refractivity contribution in [2.45, 2.75) is 20.8 Å². The monoisotopic (exact) mass is 265 g/mol. The molecule has 3 aromatic rings. The Morgan fingerprint density at radius 2 is 1.70 bits per heavy atom. The lowest BCUT2D eigenvalue weighted by molar-refractivity contribution is 0.881. The van der Waals surface area contributed by atoms with Gasteiger partial charge >= 0.3 is 0 Å². The summed E-state index contributed by atoms with van der Waals surface area (Å²) in [5, 5.41) is 0.546. The Balaban J connectivity index is 2.41. The van der Waals surface area contributed by atoms with E-state index in [1.165, 1.54) is 0 Å². The second kappa shape index (κ2) is 4.56. The molecule has 0 aliphatic rings. The number of para-hydroxylation sites is 1. The van der Waals surface area contributed by atoms with Gasteiger partial charge in [-0.2, -0.15) is 0 Å². The van der Waals surface area contributed by atoms with Crippen LogP contribution < -0.4 is 5.56 Å². The van der Waals surface area contributed by atoms with E-state index in [0.717, 1.165) is 16.9 Å². The van der Waals surface area contributed by atoms with Crippen LogP contribution in [0.2, 0.25) is 0 Å². The SMILES string of the molecule is Cc1ccc2c(=O)n(-c3ccccc3C)c(C)nc2n1. The maximum absolute atomic E-state index is 12.7. The molecule has 0 radical (unpaired) electrons. The second-order valence-electron chi connectivity index (χ2n) is 4.91. The van der Waals surface area contributed by atoms with Gasteiger partial charge < -0.3 is 0 Å². The third-order valence-corrected chi connectivity index (χ3v) is 3.40. The topological polar surface area (TPSA) is 47.8 Å². The molecule has 0 amide bonds. The first-order chi connectivity index (χ1) is 9.58. The van der Waals surface area contributed by atoms with Gasteiger partial charge in [0.25, 0.3) is 5.56 Å². The van der Waals surface area contributed by atoms with Crippen LogP contribution >= 0.6 is 0 Å². The number of nitrogens with zero attached hydrogens (tertiary/aromatic N) is 3. The lowest BCUT2D eigenvalue weighted by atomic mass is 10.2. The number of aryl methyl sites for hydroxylation is 3. The standard InChI is InChI=1S/C16H15N3O/c1-10-6-4-5-7-14(10)19-12(3)18-15-13(16(19)20)9-8-11(2)17-15/h4-9H,1-3H3. The minimum absolute atomic E-state index is 0.0747. The van der Waals surface area contributed by atoms with Gasteiger partial charge in [-0.05, 0) is 44.5 Å². The average molecular weight is 265 g/mol. The zero-order chi connectivity index (χ0) is 14.3. The van der Waals surface area contributed by atoms with E-state index >= 15 is 0 Å². The highest BCUT2D eigenvalue weighted by Gasteiger charge is 2.11. The van der Waals surface area contributed by atoms with Crippen molar-refractivity contribution in [3.05, 3.63) is 63.8 Å². The Hall–Kier alpha value is -2.49. The van der Waals surface area contributed by atoms with Gasteiger partial charge in [0.2, 0.25) is 0 Å². The molecule has 0 atom stereocenters. The predicted molar refractivity (Wildman–Crippen MR) is 79.3 cm³/mol. The number of hydrogen-bond acceptors (Lipinski definition) is 3. The van der Waals surface area contributed by atoms with E-state index < -0.39 is 0 Å². The van der Waals surface area contributed by atoms with Crippen LogP contribution in [-0.2, 0) is 0 Å². The van der Waals surface area contributed by atoms with E-state index in [1.807, 2.05) is 51.1 Å². The smallest absolute Gasteiger partial charge is 0.267 e. The van der Waals surface area contributed by atoms with Crippen LogP contribution in [0.25, 0.3) is 16.7 Å². The first kappa shape index (κ1) is 12.5. The van der Waals surface area contributed by atoms with E-state index in [9.17, 15) is 4.79 Å². The molecule has 0 fully saturated rings. The summed E-state index contributed by atoms with van der Waals surface area (Å²) < 4.78 is 1.65. The summed E-state index contributed by atoms with van der Waals surface area (Å²) in [7, 11) is 0. The van der Waals surface area contributed by atoms with Crippen molar-refractivity contribution < 1.29 is 0 Å². The van der Waals surface area contributed by atoms with Crippen LogP contribution in [0.15, 0.2) is 41.2 Å². The molecule has 3 rings (SSSR count). The molecule has 100 valence electrons. The van der Waals surface area contributed by atoms with Gasteiger partial charge in [-0.25, -0.2) is 9.97 Å². The maximum atomic E-state index is 12.7. The molecule has 4 heteroatoms. The minimum atomic E-state index is -0.0747. The molecule has 1 aromatic carbocycles. The minimum Gasteiger partial charge on any atom is -0.268 e. The van der Waals surface area contributed by atoms with Gasteiger partial charge in [0, 0.05) is 5.69 Å². The second-order valence-corrected chi connectivity index (χ2v) is 4.91. The van der Waals surface area contributed by atoms with E-state index in [4.69, 9.17) is 0 Å². The Morgan fingerprint density at radius 3 is 2.45 bits per heavy atom. The Bertz CT molecular complexity index is 865. The van der Waals surface area contributed by atoms with Crippen LogP contribution in [0.3, 0.4) is 0 Å². The fraction of sp³-hybridized carbons (Fsp3) is 0.188. The first-order valence-electron chi connectivity index (χ1n) is 6.51. The molecule has 0 saturated heterocycles. The molecule has 20 heavy (non-hydrogen) atoms. The lowest BCUT2D eigenvalue weighted by Gasteiger charge is -2.12. The molecular formula is C16H15N3O. The summed E-state index contributed by atoms with van der Waals surface area (Å²) in [6.45, 7) is 5.71. The van der Waals surface area contributed by atoms with Gasteiger partial charge in [0.1, 0.15) is 5.82 Å². The van der Waals surface area contributed by atoms with Crippen molar-refractivity contribution in [2.24, 2.45) is 0 Å². The highest BCUT2D eigenvalue weighted by Crippen LogP contribution is 2.15. The number of pyridine rings is 1. The zero-order valence-electron chi connectivity index (χ0n) is 11.7. The zero-order valence-corrected chi connectivity index (χ0v) is 11.7. The molecule has 0 aliphatic heterocycles. The van der Waals surface area contributed by atoms with E-state index in [0.29, 0.717) is 16.9 Å². The molecule has 2 aromatic heterocycles. The van der Waals surface area contributed by atoms with Crippen LogP contribution in [-0.4, -0.2) is 14.5 Å². The van der Waals surface area contributed by atoms with E-state index in [2.05, 4.69) is 9.97 Å². The van der Waals surface area contributed by atoms with Crippen LogP contribution in [0.5, 0.6) is 0 Å². The number of hydrogen-bond donors (Lipinski definition) is 0. The van der Waals surface area contributed by atoms with Crippen molar-refractivity contribution >= 4 is 11.0 Å². The molecule has 4 nitrogen and oxygen atoms in total. The summed E-state index contributed by atoms with van der Waals surface area (Å²) in [6.07, 6.45) is 0. The highest BCUT2D eigenvalue weighted by atomic mass is 16.1. The fourth-order valence-corrected chi connectivity index (χ4v) is 2.36. The summed E-state index contributed by atoms with van der Waals surface area (Å²) in [4.78, 5) is 21.5. The van der Waals surface area contributed by atoms with E-state index in [-0.39, 0.29) is 5.56 Å². The Labute approximate surface area is 116 Å². The van der Waals surface area contributed by atoms with Gasteiger partial charge in [-0.3, -0.25) is 9.36 Å². The fourth-order valence-electron chi connectivity index (χ4n) is 2.36. The van der Waals surface area contributed by atoms with Crippen molar-refractivity contribution in [3.63, 3.8) is 0 Å². The van der Waals surface area contributed by atoms with Crippen LogP contribution in [0.1, 0.15) is 17.1 Å². The Kier molecular flexibility index (Phi) is 2.86. The van der Waals surface area contributed by atoms with Gasteiger partial charge in [-0.15, -0.1) is 0 Å². The van der Waals surface area contributed by atoms with Crippen molar-refractivity contribution in [1.29, 1.82) is 0 Å². The molecule has 0 unspecified atom stereocenters. The molecule has 0 N–H and O–H groups in total. The summed E-state index contributed by atoms with van der Waals surface area (Å²) in [5.74, 6) is 0.648. The van der Waals surface area contributed by atoms with Gasteiger partial charge in [-0.1, -0.05) is 18.2 Å². The molecule has 2 heterocycles. The quantitative estimate of drug-likeness (QED) is 0.679. The van der Waals surface area contributed by atoms with Crippen molar-refractivity contribution in [3.8, 4) is 5.69 Å².